The van der Waals surface area contributed by atoms with E-state index in [0.29, 0.717) is 6.42 Å². The number of hydrogen-bond acceptors (Lipinski definition) is 44. The summed E-state index contributed by atoms with van der Waals surface area (Å²) in [5, 5.41) is 216. The van der Waals surface area contributed by atoms with Gasteiger partial charge in [0.15, 0.2) is 86.2 Å². The standard InChI is InChI=1S/C8H17NO4.C8H17NO3.C6H13NO4.C6H13NO3.2C6H12O6.2C6H10O5.C6H10O4.8H3P/c1-4-6(10)5(9(2)3)7(11)8(12)13-4;1-5-4-6(9(2)3)7(10)8(11)12-5;1-2-4(8)3(7)5(9)6(10)11-2;1-3-2-4(7)5(8)6(9)10-3;2*7-1-2-3(8)4(9)5(10)6(11)12-2;2*1-2-3(7)4(8)5(9)6(10)11-2;1-3-2-4(7)5(8)6(9)10-3;;;;;;;;/h4-8,10-12H,1-3H3;5-8,10-11H,4H2,1-3H3;2-6,8-10H,7H2,1H3;3-6,8-9H,2,7H2,1H3;2*2-11H,1H2;2,4-6,8-10H,1H3;2-3,5-7,9-10H,1H3;3,5-6,8-9H,2H2,1H3;8*1H3/i12T;11T;10T;9T;11T;;2*10T;9T;8*1D. The topological polar surface area (TPSA) is 759 Å². The molecule has 0 aliphatic carbocycles. The number of aliphatic hydroxyl groups excluding tert-OH is 28. The Hall–Kier alpha value is 0.810. The number of nitrogens with two attached hydrogens (primary N) is 2. The highest BCUT2D eigenvalue weighted by molar-refractivity contribution is 6.93. The summed E-state index contributed by atoms with van der Waals surface area (Å²) in [6, 6.07) is -1.66. The second-order valence-corrected chi connectivity index (χ2v) is 25.5. The molecule has 44 nitrogen and oxygen atoms in total. The van der Waals surface area contributed by atoms with Gasteiger partial charge >= 0.3 is 0 Å². The molecular formula is C58H138N4O40P8. The molecule has 47 atom stereocenters. The molecule has 9 heterocycles. The Kier molecular flexibility index (Phi) is 51.9. The lowest BCUT2D eigenvalue weighted by molar-refractivity contribution is -0.286. The van der Waals surface area contributed by atoms with E-state index in [0.717, 1.165) is 6.42 Å². The van der Waals surface area contributed by atoms with Crippen LogP contribution in [-0.2, 0) is 57.0 Å². The van der Waals surface area contributed by atoms with Crippen LogP contribution in [0.4, 0.5) is 0 Å². The summed E-state index contributed by atoms with van der Waals surface area (Å²) in [6.45, 7) is 10.5. The molecule has 9 rings (SSSR count). The molecule has 9 aliphatic rings. The van der Waals surface area contributed by atoms with Gasteiger partial charge in [0.25, 0.3) is 0 Å². The third-order valence-electron chi connectivity index (χ3n) is 16.7. The van der Waals surface area contributed by atoms with Gasteiger partial charge in [-0.2, -0.15) is 78.8 Å². The maximum absolute atomic E-state index is 11.0. The van der Waals surface area contributed by atoms with Gasteiger partial charge in [0.05, 0.1) is 84.4 Å². The minimum atomic E-state index is -1.58. The minimum absolute atomic E-state index is 0.000833. The normalized spacial score (nSPS) is 45.2. The fraction of sp³-hybridized carbons (Fsp3) is 0.948. The smallest absolute Gasteiger partial charge is 0.213 e. The lowest BCUT2D eigenvalue weighted by Gasteiger charge is -2.42. The molecule has 110 heavy (non-hydrogen) atoms. The fourth-order valence-corrected chi connectivity index (χ4v) is 10.2. The Morgan fingerprint density at radius 1 is 0.364 bits per heavy atom. The van der Waals surface area contributed by atoms with E-state index in [4.69, 9.17) is 132 Å². The van der Waals surface area contributed by atoms with E-state index in [-0.39, 0.29) is 42.6 Å². The SMILES string of the molecule is OCC1OC(O)C(O)C(O)C1O.[2H]P.[2H]P.[2H]P.[2H]P.[2H]P.[2H]P.[2H]P.[2H]P.[3H]OC1OC(C)C(=O)C(O)C1O.[3H]OC1OC(C)C(O)C(=O)C1O.[3H]OC1OC(C)C(O)C(N(C)C)C1O.[3H]OC1OC(C)C(O)C(N)C1O.[3H]OC1OC(C)CC(=O)C1O.[3H]OC1OC(C)CC(N(C)C)C1O.[3H]OC1OC(C)CC(N)C1O.[3H]OC1OC(CO)C(O)C(O)C1O. The van der Waals surface area contributed by atoms with Crippen LogP contribution >= 0.6 is 78.8 Å². The first kappa shape index (κ1) is 94.7. The number of Topliss-reactive ketones (excluding diaryl/α,β-unsaturated/α-hetero) is 3. The highest BCUT2D eigenvalue weighted by atomic mass is 31.0. The van der Waals surface area contributed by atoms with Crippen molar-refractivity contribution in [3.05, 3.63) is 0 Å². The molecule has 9 saturated heterocycles. The van der Waals surface area contributed by atoms with E-state index >= 15 is 0 Å². The van der Waals surface area contributed by atoms with Crippen LogP contribution in [0.3, 0.4) is 0 Å². The van der Waals surface area contributed by atoms with Crippen molar-refractivity contribution in [1.82, 2.24) is 9.80 Å². The van der Waals surface area contributed by atoms with Crippen molar-refractivity contribution in [2.45, 2.75) is 307 Å². The third kappa shape index (κ3) is 38.7. The fourth-order valence-electron chi connectivity index (χ4n) is 10.2. The first-order chi connectivity index (χ1) is 59.2. The van der Waals surface area contributed by atoms with Gasteiger partial charge in [-0.1, -0.05) is 0 Å². The van der Waals surface area contributed by atoms with E-state index in [1.165, 1.54) is 13.8 Å². The zero-order valence-corrected chi connectivity index (χ0v) is 71.6. The summed E-state index contributed by atoms with van der Waals surface area (Å²) in [7, 11) is 20.6. The van der Waals surface area contributed by atoms with Crippen molar-refractivity contribution < 1.29 is 200 Å². The van der Waals surface area contributed by atoms with Crippen LogP contribution < -0.4 is 11.5 Å². The first-order valence-corrected chi connectivity index (χ1v) is 32.0. The van der Waals surface area contributed by atoms with E-state index in [2.05, 4.69) is 45.6 Å². The Bertz CT molecular complexity index is 2540. The highest BCUT2D eigenvalue weighted by Gasteiger charge is 2.47. The van der Waals surface area contributed by atoms with Gasteiger partial charge in [-0.15, -0.1) is 0 Å². The Labute approximate surface area is 686 Å². The second-order valence-electron chi connectivity index (χ2n) is 25.5. The predicted molar refractivity (Wildman–Crippen MR) is 423 cm³/mol. The zero-order chi connectivity index (χ0) is 101. The van der Waals surface area contributed by atoms with Crippen LogP contribution in [0.25, 0.3) is 0 Å². The molecule has 0 saturated carbocycles. The van der Waals surface area contributed by atoms with Crippen molar-refractivity contribution in [3.63, 3.8) is 0 Å². The number of carbonyl (C=O) groups excluding carboxylic acids is 3. The van der Waals surface area contributed by atoms with Gasteiger partial charge in [-0.05, 0) is 89.5 Å². The maximum Gasteiger partial charge on any atom is 0.213 e. The molecule has 0 bridgehead atoms. The molecule has 9 fully saturated rings. The van der Waals surface area contributed by atoms with Crippen LogP contribution in [0.1, 0.15) is 67.7 Å². The summed E-state index contributed by atoms with van der Waals surface area (Å²) >= 11 is 0. The number of aliphatic hydroxyl groups is 28. The van der Waals surface area contributed by atoms with Crippen molar-refractivity contribution >= 4 is 96.1 Å². The summed E-state index contributed by atoms with van der Waals surface area (Å²) in [5.41, 5.74) is 11.0. The number of carbonyl (C=O) groups is 3. The molecule has 0 aromatic heterocycles. The van der Waals surface area contributed by atoms with Crippen LogP contribution in [0.15, 0.2) is 0 Å². The quantitative estimate of drug-likeness (QED) is 0.0807. The van der Waals surface area contributed by atoms with Gasteiger partial charge in [0, 0.05) is 18.5 Å². The average molecular weight is 1800 g/mol. The number of nitrogens with zero attached hydrogens (tertiary/aromatic N) is 2. The van der Waals surface area contributed by atoms with Gasteiger partial charge in [-0.25, -0.2) is 0 Å². The number of likely N-dealkylation sites (N-methyl/N-ethyl adjacent to an activating group) is 2. The Morgan fingerprint density at radius 2 is 0.736 bits per heavy atom. The van der Waals surface area contributed by atoms with Crippen molar-refractivity contribution in [1.29, 1.82) is 21.7 Å². The minimum Gasteiger partial charge on any atom is -0.394 e. The second kappa shape index (κ2) is 60.3. The lowest BCUT2D eigenvalue weighted by atomic mass is 9.96. The molecule has 0 amide bonds. The van der Waals surface area contributed by atoms with Crippen molar-refractivity contribution in [2.24, 2.45) is 11.5 Å². The van der Waals surface area contributed by atoms with Gasteiger partial charge in [0.2, 0.25) is 11.4 Å². The van der Waals surface area contributed by atoms with Crippen LogP contribution in [0.5, 0.6) is 0 Å². The van der Waals surface area contributed by atoms with E-state index in [1.807, 2.05) is 32.8 Å². The summed E-state index contributed by atoms with van der Waals surface area (Å²) < 4.78 is 142. The molecule has 32 N–H and O–H groups in total. The summed E-state index contributed by atoms with van der Waals surface area (Å²) in [5.74, 6) is -1.71. The molecule has 9 aliphatic heterocycles. The van der Waals surface area contributed by atoms with Crippen molar-refractivity contribution in [2.75, 3.05) is 41.4 Å². The molecule has 52 heteroatoms. The molecule has 47 unspecified atom stereocenters. The molecular weight excluding hydrogens is 1640 g/mol. The largest absolute Gasteiger partial charge is 0.394 e. The lowest BCUT2D eigenvalue weighted by Crippen LogP contribution is -2.61. The number of ketones is 3. The maximum atomic E-state index is 11.0. The van der Waals surface area contributed by atoms with E-state index in [1.54, 1.807) is 119 Å². The van der Waals surface area contributed by atoms with Crippen molar-refractivity contribution in [3.8, 4) is 0 Å². The summed E-state index contributed by atoms with van der Waals surface area (Å²) in [6.07, 6.45) is -35.4. The molecule has 670 valence electrons. The van der Waals surface area contributed by atoms with Crippen LogP contribution in [-0.4, -0.2) is 473 Å². The number of rotatable bonds is 12. The molecule has 0 radical (unpaired) electrons. The van der Waals surface area contributed by atoms with Gasteiger partial charge in [0.1, 0.15) is 97.7 Å². The molecule has 0 aromatic carbocycles. The van der Waals surface area contributed by atoms with Crippen LogP contribution in [0.2, 0.25) is 0 Å². The van der Waals surface area contributed by atoms with E-state index < -0.39 is 234 Å². The highest BCUT2D eigenvalue weighted by Crippen LogP contribution is 2.26. The zero-order valence-electron chi connectivity index (χ0n) is 78.3. The van der Waals surface area contributed by atoms with Gasteiger partial charge < -0.3 is 207 Å². The number of ether oxygens (including phenoxy) is 9. The Balaban J connectivity index is -0.000000203. The average Bonchev–Trinajstić information content (AvgIpc) is 0.807. The predicted octanol–water partition coefficient (Wildman–Crippen LogP) is -16.6. The molecule has 0 aromatic rings. The van der Waals surface area contributed by atoms with Crippen LogP contribution in [0, 0.1) is 0 Å². The monoisotopic (exact) mass is 1800 g/mol. The molecule has 0 spiro atoms. The third-order valence-corrected chi connectivity index (χ3v) is 16.7. The first-order valence-electron chi connectivity index (χ1n) is 39.9. The Morgan fingerprint density at radius 3 is 1.18 bits per heavy atom. The number of hydrogen-bond donors (Lipinski definition) is 30. The van der Waals surface area contributed by atoms with Gasteiger partial charge in [-0.3, -0.25) is 14.4 Å². The van der Waals surface area contributed by atoms with E-state index in [9.17, 15) is 55.2 Å². The summed E-state index contributed by atoms with van der Waals surface area (Å²) in [4.78, 5) is 36.4.